The molecule has 3 rings (SSSR count). The highest BCUT2D eigenvalue weighted by molar-refractivity contribution is 7.98. The largest absolute Gasteiger partial charge is 0.355 e. The van der Waals surface area contributed by atoms with Crippen molar-refractivity contribution in [2.75, 3.05) is 18.0 Å². The summed E-state index contributed by atoms with van der Waals surface area (Å²) in [7, 11) is 0. The van der Waals surface area contributed by atoms with E-state index < -0.39 is 0 Å². The number of nitrogens with zero attached hydrogens (tertiary/aromatic N) is 3. The molecule has 2 aromatic rings. The second kappa shape index (κ2) is 6.27. The minimum absolute atomic E-state index is 0.762. The summed E-state index contributed by atoms with van der Waals surface area (Å²) in [5.41, 5.74) is 1.32. The lowest BCUT2D eigenvalue weighted by Gasteiger charge is -2.16. The molecule has 1 fully saturated rings. The topological polar surface area (TPSA) is 29.0 Å². The van der Waals surface area contributed by atoms with Crippen LogP contribution in [0.25, 0.3) is 0 Å². The molecule has 20 heavy (non-hydrogen) atoms. The van der Waals surface area contributed by atoms with Crippen LogP contribution in [0.4, 0.5) is 5.82 Å². The third-order valence-corrected chi connectivity index (χ3v) is 4.55. The SMILES string of the molecule is CC1CCN(c2cncc(SCc3ccccc3)n2)C1. The van der Waals surface area contributed by atoms with Gasteiger partial charge >= 0.3 is 0 Å². The number of benzene rings is 1. The van der Waals surface area contributed by atoms with E-state index in [1.54, 1.807) is 11.8 Å². The Morgan fingerprint density at radius 2 is 2.10 bits per heavy atom. The quantitative estimate of drug-likeness (QED) is 0.802. The molecule has 4 heteroatoms. The van der Waals surface area contributed by atoms with E-state index in [4.69, 9.17) is 4.98 Å². The Morgan fingerprint density at radius 1 is 1.25 bits per heavy atom. The molecule has 1 unspecified atom stereocenters. The van der Waals surface area contributed by atoms with Gasteiger partial charge in [-0.3, -0.25) is 4.98 Å². The first-order chi connectivity index (χ1) is 9.81. The molecule has 104 valence electrons. The van der Waals surface area contributed by atoms with Crippen LogP contribution in [0.2, 0.25) is 0 Å². The van der Waals surface area contributed by atoms with Crippen molar-refractivity contribution in [1.82, 2.24) is 9.97 Å². The molecule has 1 aromatic heterocycles. The number of thioether (sulfide) groups is 1. The smallest absolute Gasteiger partial charge is 0.148 e. The molecule has 0 aliphatic carbocycles. The van der Waals surface area contributed by atoms with Gasteiger partial charge in [0.25, 0.3) is 0 Å². The molecule has 0 amide bonds. The van der Waals surface area contributed by atoms with E-state index in [9.17, 15) is 0 Å². The fourth-order valence-corrected chi connectivity index (χ4v) is 3.24. The Labute approximate surface area is 124 Å². The molecule has 3 nitrogen and oxygen atoms in total. The number of hydrogen-bond donors (Lipinski definition) is 0. The van der Waals surface area contributed by atoms with Crippen LogP contribution in [0.3, 0.4) is 0 Å². The average Bonchev–Trinajstić information content (AvgIpc) is 2.93. The first kappa shape index (κ1) is 13.4. The average molecular weight is 285 g/mol. The van der Waals surface area contributed by atoms with Gasteiger partial charge in [0.2, 0.25) is 0 Å². The molecule has 1 atom stereocenters. The molecule has 0 saturated carbocycles. The first-order valence-electron chi connectivity index (χ1n) is 7.05. The monoisotopic (exact) mass is 285 g/mol. The molecular weight excluding hydrogens is 266 g/mol. The minimum atomic E-state index is 0.762. The standard InChI is InChI=1S/C16H19N3S/c1-13-7-8-19(11-13)15-9-17-10-16(18-15)20-12-14-5-3-2-4-6-14/h2-6,9-10,13H,7-8,11-12H2,1H3. The normalized spacial score (nSPS) is 18.4. The van der Waals surface area contributed by atoms with Crippen molar-refractivity contribution < 1.29 is 0 Å². The molecule has 1 aliphatic rings. The Bertz CT molecular complexity index is 559. The van der Waals surface area contributed by atoms with Gasteiger partial charge in [-0.2, -0.15) is 0 Å². The highest BCUT2D eigenvalue weighted by Gasteiger charge is 2.20. The summed E-state index contributed by atoms with van der Waals surface area (Å²) in [4.78, 5) is 11.4. The molecule has 1 aromatic carbocycles. The van der Waals surface area contributed by atoms with E-state index in [-0.39, 0.29) is 0 Å². The lowest BCUT2D eigenvalue weighted by atomic mass is 10.2. The highest BCUT2D eigenvalue weighted by Crippen LogP contribution is 2.25. The fourth-order valence-electron chi connectivity index (χ4n) is 2.43. The number of hydrogen-bond acceptors (Lipinski definition) is 4. The maximum absolute atomic E-state index is 4.73. The second-order valence-electron chi connectivity index (χ2n) is 5.33. The second-order valence-corrected chi connectivity index (χ2v) is 6.33. The molecule has 2 heterocycles. The van der Waals surface area contributed by atoms with Crippen molar-refractivity contribution in [1.29, 1.82) is 0 Å². The molecular formula is C16H19N3S. The molecule has 1 aliphatic heterocycles. The van der Waals surface area contributed by atoms with Crippen LogP contribution < -0.4 is 4.90 Å². The van der Waals surface area contributed by atoms with Gasteiger partial charge in [-0.25, -0.2) is 4.98 Å². The van der Waals surface area contributed by atoms with E-state index in [0.717, 1.165) is 35.6 Å². The van der Waals surface area contributed by atoms with E-state index in [0.29, 0.717) is 0 Å². The number of rotatable bonds is 4. The van der Waals surface area contributed by atoms with Gasteiger partial charge in [0, 0.05) is 18.8 Å². The van der Waals surface area contributed by atoms with Crippen LogP contribution in [-0.4, -0.2) is 23.1 Å². The Hall–Kier alpha value is -1.55. The van der Waals surface area contributed by atoms with Crippen molar-refractivity contribution in [3.8, 4) is 0 Å². The summed E-state index contributed by atoms with van der Waals surface area (Å²) in [5, 5.41) is 1.01. The van der Waals surface area contributed by atoms with Gasteiger partial charge in [0.1, 0.15) is 10.8 Å². The molecule has 0 bridgehead atoms. The predicted octanol–water partition coefficient (Wildman–Crippen LogP) is 3.62. The fraction of sp³-hybridized carbons (Fsp3) is 0.375. The van der Waals surface area contributed by atoms with Gasteiger partial charge in [-0.1, -0.05) is 37.3 Å². The van der Waals surface area contributed by atoms with Gasteiger partial charge < -0.3 is 4.90 Å². The van der Waals surface area contributed by atoms with Crippen LogP contribution >= 0.6 is 11.8 Å². The van der Waals surface area contributed by atoms with E-state index in [1.165, 1.54) is 12.0 Å². The van der Waals surface area contributed by atoms with Crippen LogP contribution in [0.5, 0.6) is 0 Å². The minimum Gasteiger partial charge on any atom is -0.355 e. The maximum Gasteiger partial charge on any atom is 0.148 e. The van der Waals surface area contributed by atoms with Gasteiger partial charge in [-0.05, 0) is 17.9 Å². The summed E-state index contributed by atoms with van der Waals surface area (Å²) in [6, 6.07) is 10.5. The Morgan fingerprint density at radius 3 is 2.85 bits per heavy atom. The Balaban J connectivity index is 1.65. The lowest BCUT2D eigenvalue weighted by molar-refractivity contribution is 0.658. The molecule has 0 radical (unpaired) electrons. The zero-order chi connectivity index (χ0) is 13.8. The molecule has 1 saturated heterocycles. The zero-order valence-electron chi connectivity index (χ0n) is 11.7. The van der Waals surface area contributed by atoms with Gasteiger partial charge in [-0.15, -0.1) is 11.8 Å². The van der Waals surface area contributed by atoms with Crippen molar-refractivity contribution >= 4 is 17.6 Å². The predicted molar refractivity (Wildman–Crippen MR) is 84.0 cm³/mol. The van der Waals surface area contributed by atoms with Crippen molar-refractivity contribution in [2.45, 2.75) is 24.1 Å². The van der Waals surface area contributed by atoms with E-state index in [2.05, 4.69) is 41.1 Å². The van der Waals surface area contributed by atoms with Crippen molar-refractivity contribution in [3.63, 3.8) is 0 Å². The summed E-state index contributed by atoms with van der Waals surface area (Å²) in [6.45, 7) is 4.49. The van der Waals surface area contributed by atoms with Crippen LogP contribution in [0.1, 0.15) is 18.9 Å². The number of anilines is 1. The molecule has 0 N–H and O–H groups in total. The summed E-state index contributed by atoms with van der Waals surface area (Å²) < 4.78 is 0. The third kappa shape index (κ3) is 3.31. The van der Waals surface area contributed by atoms with E-state index in [1.807, 2.05) is 18.5 Å². The first-order valence-corrected chi connectivity index (χ1v) is 8.03. The Kier molecular flexibility index (Phi) is 4.21. The van der Waals surface area contributed by atoms with Crippen molar-refractivity contribution in [2.24, 2.45) is 5.92 Å². The van der Waals surface area contributed by atoms with Gasteiger partial charge in [0.15, 0.2) is 0 Å². The zero-order valence-corrected chi connectivity index (χ0v) is 12.5. The third-order valence-electron chi connectivity index (χ3n) is 3.58. The van der Waals surface area contributed by atoms with Crippen LogP contribution in [0, 0.1) is 5.92 Å². The summed E-state index contributed by atoms with van der Waals surface area (Å²) in [6.07, 6.45) is 4.99. The van der Waals surface area contributed by atoms with Gasteiger partial charge in [0.05, 0.1) is 12.4 Å². The van der Waals surface area contributed by atoms with Crippen LogP contribution in [-0.2, 0) is 5.75 Å². The summed E-state index contributed by atoms with van der Waals surface area (Å²) in [5.74, 6) is 2.72. The lowest BCUT2D eigenvalue weighted by Crippen LogP contribution is -2.20. The maximum atomic E-state index is 4.73. The van der Waals surface area contributed by atoms with Crippen molar-refractivity contribution in [3.05, 3.63) is 48.3 Å². The summed E-state index contributed by atoms with van der Waals surface area (Å²) >= 11 is 1.75. The number of aromatic nitrogens is 2. The van der Waals surface area contributed by atoms with E-state index >= 15 is 0 Å². The van der Waals surface area contributed by atoms with Crippen LogP contribution in [0.15, 0.2) is 47.8 Å². The molecule has 0 spiro atoms. The highest BCUT2D eigenvalue weighted by atomic mass is 32.2.